The van der Waals surface area contributed by atoms with Crippen molar-refractivity contribution in [3.05, 3.63) is 0 Å². The number of ether oxygens (including phenoxy) is 2. The van der Waals surface area contributed by atoms with Crippen LogP contribution in [0, 0.1) is 0 Å². The molecule has 1 atom stereocenters. The summed E-state index contributed by atoms with van der Waals surface area (Å²) >= 11 is 0. The van der Waals surface area contributed by atoms with Gasteiger partial charge in [0.15, 0.2) is 6.29 Å². The molecule has 0 aromatic carbocycles. The monoisotopic (exact) mass is 161 g/mol. The van der Waals surface area contributed by atoms with Crippen LogP contribution in [-0.4, -0.2) is 44.3 Å². The highest BCUT2D eigenvalue weighted by Gasteiger charge is 2.19. The molecule has 0 spiro atoms. The van der Waals surface area contributed by atoms with Gasteiger partial charge in [0.2, 0.25) is 0 Å². The van der Waals surface area contributed by atoms with E-state index in [4.69, 9.17) is 14.6 Å². The number of rotatable bonds is 4. The third kappa shape index (κ3) is 2.75. The van der Waals surface area contributed by atoms with Gasteiger partial charge in [0.25, 0.3) is 0 Å². The summed E-state index contributed by atoms with van der Waals surface area (Å²) in [5, 5.41) is 11.8. The second-order valence-corrected chi connectivity index (χ2v) is 2.58. The van der Waals surface area contributed by atoms with Gasteiger partial charge in [-0.15, -0.1) is 0 Å². The minimum absolute atomic E-state index is 0.0816. The van der Waals surface area contributed by atoms with Gasteiger partial charge in [-0.3, -0.25) is 0 Å². The van der Waals surface area contributed by atoms with E-state index >= 15 is 0 Å². The summed E-state index contributed by atoms with van der Waals surface area (Å²) in [5.74, 6) is 0. The van der Waals surface area contributed by atoms with Crippen LogP contribution in [0.4, 0.5) is 0 Å². The van der Waals surface area contributed by atoms with Gasteiger partial charge >= 0.3 is 0 Å². The number of hydrogen-bond donors (Lipinski definition) is 2. The molecule has 2 N–H and O–H groups in total. The summed E-state index contributed by atoms with van der Waals surface area (Å²) in [5.41, 5.74) is 0. The molecule has 0 aromatic heterocycles. The summed E-state index contributed by atoms with van der Waals surface area (Å²) in [4.78, 5) is 0. The lowest BCUT2D eigenvalue weighted by Crippen LogP contribution is -2.33. The Bertz CT molecular complexity index is 99.9. The van der Waals surface area contributed by atoms with Crippen molar-refractivity contribution in [1.82, 2.24) is 5.32 Å². The topological polar surface area (TPSA) is 50.7 Å². The molecule has 1 heterocycles. The number of hydrogen-bond acceptors (Lipinski definition) is 4. The first-order chi connectivity index (χ1) is 5.36. The number of likely N-dealkylation sites (N-methyl/N-ethyl adjacent to an activating group) is 1. The zero-order chi connectivity index (χ0) is 8.10. The van der Waals surface area contributed by atoms with E-state index in [0.29, 0.717) is 19.6 Å². The average Bonchev–Trinajstić information content (AvgIpc) is 2.52. The minimum atomic E-state index is -0.125. The molecule has 0 aliphatic carbocycles. The molecule has 0 saturated carbocycles. The third-order valence-electron chi connectivity index (χ3n) is 1.80. The molecular formula is C7H15NO3. The van der Waals surface area contributed by atoms with Crippen molar-refractivity contribution < 1.29 is 14.6 Å². The Hall–Kier alpha value is -0.160. The molecular weight excluding hydrogens is 146 g/mol. The summed E-state index contributed by atoms with van der Waals surface area (Å²) in [6, 6.07) is 0.0816. The average molecular weight is 161 g/mol. The van der Waals surface area contributed by atoms with Crippen molar-refractivity contribution in [3.8, 4) is 0 Å². The first-order valence-electron chi connectivity index (χ1n) is 3.88. The molecule has 0 bridgehead atoms. The highest BCUT2D eigenvalue weighted by Crippen LogP contribution is 2.09. The second-order valence-electron chi connectivity index (χ2n) is 2.58. The van der Waals surface area contributed by atoms with Crippen LogP contribution in [0.2, 0.25) is 0 Å². The van der Waals surface area contributed by atoms with Crippen LogP contribution in [0.25, 0.3) is 0 Å². The van der Waals surface area contributed by atoms with Gasteiger partial charge < -0.3 is 19.9 Å². The predicted molar refractivity (Wildman–Crippen MR) is 40.2 cm³/mol. The van der Waals surface area contributed by atoms with E-state index in [1.54, 1.807) is 0 Å². The zero-order valence-corrected chi connectivity index (χ0v) is 6.75. The summed E-state index contributed by atoms with van der Waals surface area (Å²) < 4.78 is 10.4. The molecule has 4 nitrogen and oxygen atoms in total. The van der Waals surface area contributed by atoms with Crippen molar-refractivity contribution in [2.75, 3.05) is 26.9 Å². The van der Waals surface area contributed by atoms with Gasteiger partial charge in [-0.05, 0) is 7.05 Å². The summed E-state index contributed by atoms with van der Waals surface area (Å²) in [6.45, 7) is 1.47. The SMILES string of the molecule is CNC(CO)CC1OCCO1. The molecule has 0 radical (unpaired) electrons. The molecule has 1 aliphatic rings. The maximum absolute atomic E-state index is 8.81. The Labute approximate surface area is 66.5 Å². The van der Waals surface area contributed by atoms with Crippen LogP contribution in [-0.2, 0) is 9.47 Å². The lowest BCUT2D eigenvalue weighted by Gasteiger charge is -2.16. The Kier molecular flexibility index (Phi) is 3.79. The summed E-state index contributed by atoms with van der Waals surface area (Å²) in [6.07, 6.45) is 0.590. The molecule has 1 rings (SSSR count). The lowest BCUT2D eigenvalue weighted by atomic mass is 10.2. The van der Waals surface area contributed by atoms with E-state index in [1.807, 2.05) is 7.05 Å². The highest BCUT2D eigenvalue weighted by molar-refractivity contribution is 4.66. The van der Waals surface area contributed by atoms with Crippen LogP contribution < -0.4 is 5.32 Å². The number of aliphatic hydroxyl groups is 1. The highest BCUT2D eigenvalue weighted by atomic mass is 16.7. The van der Waals surface area contributed by atoms with Crippen molar-refractivity contribution in [1.29, 1.82) is 0 Å². The van der Waals surface area contributed by atoms with Gasteiger partial charge in [-0.25, -0.2) is 0 Å². The quantitative estimate of drug-likeness (QED) is 0.574. The third-order valence-corrected chi connectivity index (χ3v) is 1.80. The van der Waals surface area contributed by atoms with Crippen molar-refractivity contribution in [2.45, 2.75) is 18.8 Å². The van der Waals surface area contributed by atoms with Gasteiger partial charge in [-0.2, -0.15) is 0 Å². The van der Waals surface area contributed by atoms with E-state index in [1.165, 1.54) is 0 Å². The smallest absolute Gasteiger partial charge is 0.159 e. The van der Waals surface area contributed by atoms with Crippen molar-refractivity contribution in [2.24, 2.45) is 0 Å². The lowest BCUT2D eigenvalue weighted by molar-refractivity contribution is -0.0553. The maximum atomic E-state index is 8.81. The van der Waals surface area contributed by atoms with Crippen LogP contribution in [0.3, 0.4) is 0 Å². The van der Waals surface area contributed by atoms with Gasteiger partial charge in [0.1, 0.15) is 0 Å². The fourth-order valence-corrected chi connectivity index (χ4v) is 1.06. The number of aliphatic hydroxyl groups excluding tert-OH is 1. The molecule has 1 saturated heterocycles. The Morgan fingerprint density at radius 3 is 2.64 bits per heavy atom. The molecule has 11 heavy (non-hydrogen) atoms. The van der Waals surface area contributed by atoms with E-state index in [9.17, 15) is 0 Å². The van der Waals surface area contributed by atoms with E-state index < -0.39 is 0 Å². The standard InChI is InChI=1S/C7H15NO3/c1-8-6(5-9)4-7-10-2-3-11-7/h6-9H,2-5H2,1H3. The fraction of sp³-hybridized carbons (Fsp3) is 1.00. The summed E-state index contributed by atoms with van der Waals surface area (Å²) in [7, 11) is 1.82. The van der Waals surface area contributed by atoms with Crippen LogP contribution in [0.1, 0.15) is 6.42 Å². The molecule has 1 fully saturated rings. The van der Waals surface area contributed by atoms with Crippen LogP contribution in [0.5, 0.6) is 0 Å². The van der Waals surface area contributed by atoms with Crippen LogP contribution in [0.15, 0.2) is 0 Å². The normalized spacial score (nSPS) is 22.4. The molecule has 0 amide bonds. The molecule has 4 heteroatoms. The second kappa shape index (κ2) is 4.66. The molecule has 0 aromatic rings. The van der Waals surface area contributed by atoms with E-state index in [0.717, 1.165) is 0 Å². The van der Waals surface area contributed by atoms with Crippen molar-refractivity contribution in [3.63, 3.8) is 0 Å². The Morgan fingerprint density at radius 2 is 2.18 bits per heavy atom. The zero-order valence-electron chi connectivity index (χ0n) is 6.75. The fourth-order valence-electron chi connectivity index (χ4n) is 1.06. The Morgan fingerprint density at radius 1 is 1.55 bits per heavy atom. The van der Waals surface area contributed by atoms with Crippen molar-refractivity contribution >= 4 is 0 Å². The van der Waals surface area contributed by atoms with Gasteiger partial charge in [-0.1, -0.05) is 0 Å². The molecule has 1 aliphatic heterocycles. The first kappa shape index (κ1) is 8.93. The first-order valence-corrected chi connectivity index (χ1v) is 3.88. The van der Waals surface area contributed by atoms with E-state index in [2.05, 4.69) is 5.32 Å². The van der Waals surface area contributed by atoms with E-state index in [-0.39, 0.29) is 18.9 Å². The van der Waals surface area contributed by atoms with Gasteiger partial charge in [0.05, 0.1) is 19.8 Å². The maximum Gasteiger partial charge on any atom is 0.159 e. The predicted octanol–water partition coefficient (Wildman–Crippen LogP) is -0.670. The minimum Gasteiger partial charge on any atom is -0.395 e. The largest absolute Gasteiger partial charge is 0.395 e. The molecule has 66 valence electrons. The van der Waals surface area contributed by atoms with Crippen LogP contribution >= 0.6 is 0 Å². The molecule has 1 unspecified atom stereocenters. The number of nitrogens with one attached hydrogen (secondary N) is 1. The van der Waals surface area contributed by atoms with Gasteiger partial charge in [0, 0.05) is 12.5 Å². The Balaban J connectivity index is 2.16.